The van der Waals surface area contributed by atoms with E-state index in [-0.39, 0.29) is 28.5 Å². The molecule has 1 aliphatic rings. The van der Waals surface area contributed by atoms with Crippen LogP contribution in [0.5, 0.6) is 0 Å². The highest BCUT2D eigenvalue weighted by atomic mass is 35.5. The summed E-state index contributed by atoms with van der Waals surface area (Å²) in [5.74, 6) is -0.836. The molecular weight excluding hydrogens is 418 g/mol. The van der Waals surface area contributed by atoms with Gasteiger partial charge < -0.3 is 15.0 Å². The summed E-state index contributed by atoms with van der Waals surface area (Å²) in [4.78, 5) is 26.2. The number of carbonyl (C=O) groups excluding carboxylic acids is 2. The summed E-state index contributed by atoms with van der Waals surface area (Å²) in [6, 6.07) is 10.9. The van der Waals surface area contributed by atoms with Crippen molar-refractivity contribution in [2.45, 2.75) is 11.3 Å². The molecule has 2 aromatic carbocycles. The average Bonchev–Trinajstić information content (AvgIpc) is 2.69. The summed E-state index contributed by atoms with van der Waals surface area (Å²) in [6.07, 6.45) is 0.0127. The molecule has 1 aliphatic heterocycles. The second-order valence-corrected chi connectivity index (χ2v) is 8.41. The van der Waals surface area contributed by atoms with Crippen LogP contribution in [0.4, 0.5) is 5.69 Å². The van der Waals surface area contributed by atoms with Crippen molar-refractivity contribution in [2.75, 3.05) is 31.6 Å². The van der Waals surface area contributed by atoms with E-state index < -0.39 is 15.9 Å². The maximum Gasteiger partial charge on any atom is 0.255 e. The van der Waals surface area contributed by atoms with Crippen LogP contribution in [0.2, 0.25) is 5.02 Å². The molecular formula is C19H20ClN3O5S. The number of hydrogen-bond donors (Lipinski definition) is 2. The van der Waals surface area contributed by atoms with Crippen molar-refractivity contribution < 1.29 is 22.7 Å². The van der Waals surface area contributed by atoms with Crippen LogP contribution in [-0.2, 0) is 26.0 Å². The van der Waals surface area contributed by atoms with Gasteiger partial charge in [-0.1, -0.05) is 29.8 Å². The van der Waals surface area contributed by atoms with Gasteiger partial charge in [-0.3, -0.25) is 9.59 Å². The molecule has 3 N–H and O–H groups in total. The number of ether oxygens (including phenoxy) is 1. The predicted molar refractivity (Wildman–Crippen MR) is 108 cm³/mol. The van der Waals surface area contributed by atoms with Gasteiger partial charge in [0.25, 0.3) is 5.91 Å². The Morgan fingerprint density at radius 3 is 2.48 bits per heavy atom. The quantitative estimate of drug-likeness (QED) is 0.737. The van der Waals surface area contributed by atoms with Crippen LogP contribution < -0.4 is 10.5 Å². The minimum atomic E-state index is -4.19. The molecule has 0 radical (unpaired) electrons. The number of primary sulfonamides is 1. The molecule has 1 heterocycles. The van der Waals surface area contributed by atoms with Gasteiger partial charge in [-0.2, -0.15) is 0 Å². The monoisotopic (exact) mass is 437 g/mol. The number of carbonyl (C=O) groups is 2. The minimum absolute atomic E-state index is 0.0127. The number of sulfonamides is 1. The van der Waals surface area contributed by atoms with E-state index in [0.717, 1.165) is 0 Å². The van der Waals surface area contributed by atoms with Crippen molar-refractivity contribution in [1.29, 1.82) is 0 Å². The molecule has 3 rings (SSSR count). The Kier molecular flexibility index (Phi) is 6.53. The van der Waals surface area contributed by atoms with Gasteiger partial charge in [0.2, 0.25) is 15.9 Å². The first-order valence-corrected chi connectivity index (χ1v) is 10.8. The lowest BCUT2D eigenvalue weighted by Gasteiger charge is -2.27. The minimum Gasteiger partial charge on any atom is -0.378 e. The summed E-state index contributed by atoms with van der Waals surface area (Å²) in [6.45, 7) is 1.48. The third-order valence-electron chi connectivity index (χ3n) is 4.41. The number of halogens is 1. The SMILES string of the molecule is NS(=O)(=O)c1cc(NC(=O)Cc2ccccc2Cl)ccc1C(=O)N1CCOCC1. The molecule has 2 aromatic rings. The Morgan fingerprint density at radius 2 is 1.83 bits per heavy atom. The van der Waals surface area contributed by atoms with E-state index in [9.17, 15) is 18.0 Å². The van der Waals surface area contributed by atoms with Gasteiger partial charge in [-0.25, -0.2) is 13.6 Å². The van der Waals surface area contributed by atoms with Crippen LogP contribution in [0.25, 0.3) is 0 Å². The van der Waals surface area contributed by atoms with E-state index in [1.165, 1.54) is 23.1 Å². The zero-order chi connectivity index (χ0) is 21.0. The van der Waals surface area contributed by atoms with E-state index in [1.807, 2.05) is 0 Å². The maximum absolute atomic E-state index is 12.7. The number of nitrogens with zero attached hydrogens (tertiary/aromatic N) is 1. The summed E-state index contributed by atoms with van der Waals surface area (Å²) in [7, 11) is -4.19. The molecule has 154 valence electrons. The molecule has 0 atom stereocenters. The molecule has 29 heavy (non-hydrogen) atoms. The van der Waals surface area contributed by atoms with Crippen molar-refractivity contribution >= 4 is 39.1 Å². The highest BCUT2D eigenvalue weighted by Gasteiger charge is 2.25. The van der Waals surface area contributed by atoms with Crippen LogP contribution in [0.1, 0.15) is 15.9 Å². The Balaban J connectivity index is 1.83. The van der Waals surface area contributed by atoms with Gasteiger partial charge >= 0.3 is 0 Å². The van der Waals surface area contributed by atoms with Crippen LogP contribution in [0.3, 0.4) is 0 Å². The standard InChI is InChI=1S/C19H20ClN3O5S/c20-16-4-2-1-3-13(16)11-18(24)22-14-5-6-15(17(12-14)29(21,26)27)19(25)23-7-9-28-10-8-23/h1-6,12H,7-11H2,(H,22,24)(H2,21,26,27). The zero-order valence-electron chi connectivity index (χ0n) is 15.4. The number of hydrogen-bond acceptors (Lipinski definition) is 5. The normalized spacial score (nSPS) is 14.5. The first kappa shape index (κ1) is 21.3. The number of anilines is 1. The Hall–Kier alpha value is -2.46. The summed E-state index contributed by atoms with van der Waals surface area (Å²) in [5, 5.41) is 8.39. The number of rotatable bonds is 5. The summed E-state index contributed by atoms with van der Waals surface area (Å²) in [5.41, 5.74) is 0.806. The highest BCUT2D eigenvalue weighted by molar-refractivity contribution is 7.89. The highest BCUT2D eigenvalue weighted by Crippen LogP contribution is 2.23. The van der Waals surface area contributed by atoms with Crippen LogP contribution >= 0.6 is 11.6 Å². The molecule has 1 saturated heterocycles. The largest absolute Gasteiger partial charge is 0.378 e. The molecule has 0 aromatic heterocycles. The van der Waals surface area contributed by atoms with Crippen molar-refractivity contribution in [3.63, 3.8) is 0 Å². The third kappa shape index (κ3) is 5.33. The molecule has 2 amide bonds. The average molecular weight is 438 g/mol. The first-order valence-electron chi connectivity index (χ1n) is 8.83. The van der Waals surface area contributed by atoms with E-state index in [1.54, 1.807) is 24.3 Å². The van der Waals surface area contributed by atoms with E-state index in [2.05, 4.69) is 5.32 Å². The van der Waals surface area contributed by atoms with Gasteiger partial charge in [-0.05, 0) is 29.8 Å². The Morgan fingerprint density at radius 1 is 1.14 bits per heavy atom. The van der Waals surface area contributed by atoms with Gasteiger partial charge in [0.15, 0.2) is 0 Å². The number of nitrogens with two attached hydrogens (primary N) is 1. The second kappa shape index (κ2) is 8.91. The number of nitrogens with one attached hydrogen (secondary N) is 1. The van der Waals surface area contributed by atoms with E-state index in [0.29, 0.717) is 36.9 Å². The molecule has 1 fully saturated rings. The lowest BCUT2D eigenvalue weighted by molar-refractivity contribution is -0.115. The van der Waals surface area contributed by atoms with Crippen LogP contribution in [-0.4, -0.2) is 51.4 Å². The lowest BCUT2D eigenvalue weighted by Crippen LogP contribution is -2.41. The Labute approximate surface area is 173 Å². The van der Waals surface area contributed by atoms with Crippen molar-refractivity contribution in [3.8, 4) is 0 Å². The van der Waals surface area contributed by atoms with Gasteiger partial charge in [0, 0.05) is 23.8 Å². The third-order valence-corrected chi connectivity index (χ3v) is 5.73. The van der Waals surface area contributed by atoms with Crippen molar-refractivity contribution in [3.05, 3.63) is 58.6 Å². The summed E-state index contributed by atoms with van der Waals surface area (Å²) >= 11 is 6.06. The molecule has 0 spiro atoms. The molecule has 0 saturated carbocycles. The number of morpholine rings is 1. The van der Waals surface area contributed by atoms with Gasteiger partial charge in [0.1, 0.15) is 0 Å². The number of benzene rings is 2. The lowest BCUT2D eigenvalue weighted by atomic mass is 10.1. The first-order chi connectivity index (χ1) is 13.8. The molecule has 0 bridgehead atoms. The van der Waals surface area contributed by atoms with Gasteiger partial charge in [-0.15, -0.1) is 0 Å². The fourth-order valence-corrected chi connectivity index (χ4v) is 3.92. The molecule has 10 heteroatoms. The second-order valence-electron chi connectivity index (χ2n) is 6.48. The van der Waals surface area contributed by atoms with E-state index >= 15 is 0 Å². The zero-order valence-corrected chi connectivity index (χ0v) is 17.0. The fraction of sp³-hybridized carbons (Fsp3) is 0.263. The fourth-order valence-electron chi connectivity index (χ4n) is 2.97. The predicted octanol–water partition coefficient (Wildman–Crippen LogP) is 1.64. The van der Waals surface area contributed by atoms with Crippen LogP contribution in [0.15, 0.2) is 47.4 Å². The van der Waals surface area contributed by atoms with Crippen molar-refractivity contribution in [1.82, 2.24) is 4.90 Å². The Bertz CT molecular complexity index is 1040. The molecule has 8 nitrogen and oxygen atoms in total. The molecule has 0 unspecified atom stereocenters. The van der Waals surface area contributed by atoms with Crippen molar-refractivity contribution in [2.24, 2.45) is 5.14 Å². The van der Waals surface area contributed by atoms with Gasteiger partial charge in [0.05, 0.1) is 30.1 Å². The smallest absolute Gasteiger partial charge is 0.255 e. The maximum atomic E-state index is 12.7. The molecule has 0 aliphatic carbocycles. The topological polar surface area (TPSA) is 119 Å². The summed E-state index contributed by atoms with van der Waals surface area (Å²) < 4.78 is 29.3. The van der Waals surface area contributed by atoms with E-state index in [4.69, 9.17) is 21.5 Å². The number of amides is 2. The van der Waals surface area contributed by atoms with Crippen LogP contribution in [0, 0.1) is 0 Å².